The van der Waals surface area contributed by atoms with Crippen molar-refractivity contribution in [1.29, 1.82) is 0 Å². The molecular weight excluding hydrogens is 367 g/mol. The number of anilines is 2. The van der Waals surface area contributed by atoms with Gasteiger partial charge in [0.2, 0.25) is 6.41 Å². The van der Waals surface area contributed by atoms with Crippen LogP contribution in [0, 0.1) is 6.92 Å². The summed E-state index contributed by atoms with van der Waals surface area (Å²) in [5, 5.41) is 5.06. The second-order valence-electron chi connectivity index (χ2n) is 4.57. The van der Waals surface area contributed by atoms with Crippen molar-refractivity contribution in [3.63, 3.8) is 0 Å². The van der Waals surface area contributed by atoms with Gasteiger partial charge in [-0.1, -0.05) is 52.7 Å². The number of benzene rings is 1. The summed E-state index contributed by atoms with van der Waals surface area (Å²) in [6.07, 6.45) is 2.06. The first-order valence-corrected chi connectivity index (χ1v) is 8.38. The number of aromatic nitrogens is 2. The van der Waals surface area contributed by atoms with Crippen molar-refractivity contribution in [2.45, 2.75) is 6.92 Å². The molecule has 0 fully saturated rings. The highest BCUT2D eigenvalue weighted by Gasteiger charge is 2.11. The van der Waals surface area contributed by atoms with Gasteiger partial charge in [-0.2, -0.15) is 0 Å². The van der Waals surface area contributed by atoms with Crippen molar-refractivity contribution in [3.8, 4) is 10.4 Å². The highest BCUT2D eigenvalue weighted by atomic mass is 35.5. The van der Waals surface area contributed by atoms with Gasteiger partial charge in [-0.3, -0.25) is 4.79 Å². The van der Waals surface area contributed by atoms with Crippen molar-refractivity contribution in [2.24, 2.45) is 5.73 Å². The van der Waals surface area contributed by atoms with Crippen LogP contribution in [-0.2, 0) is 4.79 Å². The highest BCUT2D eigenvalue weighted by Crippen LogP contribution is 2.36. The third-order valence-electron chi connectivity index (χ3n) is 2.92. The molecule has 2 heterocycles. The molecule has 0 aliphatic rings. The molecule has 1 amide bonds. The van der Waals surface area contributed by atoms with E-state index in [1.165, 1.54) is 11.3 Å². The molecule has 24 heavy (non-hydrogen) atoms. The number of hydrogen-bond acceptors (Lipinski definition) is 5. The molecule has 8 heteroatoms. The number of carbonyl (C=O) groups excluding carboxylic acids is 1. The number of nitrogens with zero attached hydrogens (tertiary/aromatic N) is 2. The molecule has 2 aromatic heterocycles. The van der Waals surface area contributed by atoms with Crippen molar-refractivity contribution in [1.82, 2.24) is 9.97 Å². The van der Waals surface area contributed by atoms with E-state index in [4.69, 9.17) is 28.0 Å². The average Bonchev–Trinajstić information content (AvgIpc) is 2.96. The zero-order chi connectivity index (χ0) is 17.5. The largest absolute Gasteiger partial charge is 0.372 e. The maximum atomic E-state index is 8.58. The maximum absolute atomic E-state index is 8.58. The smallest absolute Gasteiger partial charge is 0.204 e. The molecule has 3 N–H and O–H groups in total. The third kappa shape index (κ3) is 4.67. The number of aryl methyl sites for hydroxylation is 1. The van der Waals surface area contributed by atoms with Gasteiger partial charge < -0.3 is 11.1 Å². The SMILES string of the molecule is Cc1cccc(Cl)c1-c1cnc(Nc2cccc(Cl)n2)s1.NC=O. The number of halogens is 2. The monoisotopic (exact) mass is 380 g/mol. The molecule has 0 aliphatic heterocycles. The molecule has 5 nitrogen and oxygen atoms in total. The van der Waals surface area contributed by atoms with E-state index in [1.54, 1.807) is 6.07 Å². The van der Waals surface area contributed by atoms with Crippen LogP contribution in [-0.4, -0.2) is 16.4 Å². The normalized spacial score (nSPS) is 9.79. The summed E-state index contributed by atoms with van der Waals surface area (Å²) >= 11 is 13.7. The summed E-state index contributed by atoms with van der Waals surface area (Å²) < 4.78 is 0. The number of hydrogen-bond donors (Lipinski definition) is 2. The first-order valence-electron chi connectivity index (χ1n) is 6.81. The number of rotatable bonds is 3. The second kappa shape index (κ2) is 8.63. The second-order valence-corrected chi connectivity index (χ2v) is 6.39. The van der Waals surface area contributed by atoms with Gasteiger partial charge in [0.15, 0.2) is 5.13 Å². The molecule has 0 bridgehead atoms. The lowest BCUT2D eigenvalue weighted by Crippen LogP contribution is -1.91. The minimum atomic E-state index is 0.250. The number of nitrogens with two attached hydrogens (primary N) is 1. The van der Waals surface area contributed by atoms with Crippen molar-refractivity contribution < 1.29 is 4.79 Å². The Kier molecular flexibility index (Phi) is 6.54. The van der Waals surface area contributed by atoms with Crippen LogP contribution in [0.25, 0.3) is 10.4 Å². The lowest BCUT2D eigenvalue weighted by Gasteiger charge is -2.04. The summed E-state index contributed by atoms with van der Waals surface area (Å²) in [5.41, 5.74) is 6.31. The summed E-state index contributed by atoms with van der Waals surface area (Å²) in [5.74, 6) is 0.666. The number of amides is 1. The van der Waals surface area contributed by atoms with E-state index in [0.29, 0.717) is 11.0 Å². The highest BCUT2D eigenvalue weighted by molar-refractivity contribution is 7.19. The summed E-state index contributed by atoms with van der Waals surface area (Å²) in [7, 11) is 0. The molecule has 0 unspecified atom stereocenters. The van der Waals surface area contributed by atoms with Crippen LogP contribution in [0.5, 0.6) is 0 Å². The quantitative estimate of drug-likeness (QED) is 0.511. The van der Waals surface area contributed by atoms with Crippen LogP contribution in [0.2, 0.25) is 10.2 Å². The van der Waals surface area contributed by atoms with Crippen LogP contribution < -0.4 is 11.1 Å². The maximum Gasteiger partial charge on any atom is 0.204 e. The van der Waals surface area contributed by atoms with Gasteiger partial charge in [-0.15, -0.1) is 0 Å². The zero-order valence-corrected chi connectivity index (χ0v) is 15.0. The third-order valence-corrected chi connectivity index (χ3v) is 4.38. The minimum Gasteiger partial charge on any atom is -0.372 e. The fraction of sp³-hybridized carbons (Fsp3) is 0.0625. The number of carbonyl (C=O) groups is 1. The van der Waals surface area contributed by atoms with Crippen molar-refractivity contribution in [3.05, 3.63) is 58.3 Å². The van der Waals surface area contributed by atoms with Crippen molar-refractivity contribution in [2.75, 3.05) is 5.32 Å². The van der Waals surface area contributed by atoms with Crippen LogP contribution in [0.4, 0.5) is 10.9 Å². The van der Waals surface area contributed by atoms with E-state index >= 15 is 0 Å². The Labute approximate surface area is 153 Å². The summed E-state index contributed by atoms with van der Waals surface area (Å²) in [6.45, 7) is 2.03. The number of nitrogens with one attached hydrogen (secondary N) is 1. The van der Waals surface area contributed by atoms with Gasteiger partial charge in [0.1, 0.15) is 11.0 Å². The van der Waals surface area contributed by atoms with Crippen molar-refractivity contribution >= 4 is 51.9 Å². The van der Waals surface area contributed by atoms with Crippen LogP contribution in [0.1, 0.15) is 5.56 Å². The minimum absolute atomic E-state index is 0.250. The fourth-order valence-corrected chi connectivity index (χ4v) is 3.47. The molecule has 1 aromatic carbocycles. The molecule has 0 spiro atoms. The van der Waals surface area contributed by atoms with Gasteiger partial charge >= 0.3 is 0 Å². The molecule has 124 valence electrons. The van der Waals surface area contributed by atoms with E-state index in [-0.39, 0.29) is 6.41 Å². The van der Waals surface area contributed by atoms with E-state index in [9.17, 15) is 0 Å². The predicted octanol–water partition coefficient (Wildman–Crippen LogP) is 4.67. The standard InChI is InChI=1S/C15H11Cl2N3S.CH3NO/c1-9-4-2-5-10(16)14(9)11-8-18-15(21-11)20-13-7-3-6-12(17)19-13;2-1-3/h2-8H,1H3,(H,18,19,20);1H,(H2,2,3). The molecule has 0 saturated carbocycles. The molecule has 3 aromatic rings. The summed E-state index contributed by atoms with van der Waals surface area (Å²) in [6, 6.07) is 11.3. The Bertz CT molecular complexity index is 818. The Morgan fingerprint density at radius 1 is 1.21 bits per heavy atom. The average molecular weight is 381 g/mol. The van der Waals surface area contributed by atoms with Crippen LogP contribution in [0.3, 0.4) is 0 Å². The molecular formula is C16H14Cl2N4OS. The summed E-state index contributed by atoms with van der Waals surface area (Å²) in [4.78, 5) is 18.1. The molecule has 0 radical (unpaired) electrons. The van der Waals surface area contributed by atoms with E-state index < -0.39 is 0 Å². The fourth-order valence-electron chi connectivity index (χ4n) is 1.98. The van der Waals surface area contributed by atoms with Gasteiger partial charge in [-0.25, -0.2) is 9.97 Å². The topological polar surface area (TPSA) is 80.9 Å². The van der Waals surface area contributed by atoms with Gasteiger partial charge in [-0.05, 0) is 30.7 Å². The predicted molar refractivity (Wildman–Crippen MR) is 100 cm³/mol. The first-order chi connectivity index (χ1) is 11.5. The molecule has 3 rings (SSSR count). The number of thiazole rings is 1. The Morgan fingerprint density at radius 2 is 1.92 bits per heavy atom. The van der Waals surface area contributed by atoms with Gasteiger partial charge in [0.25, 0.3) is 0 Å². The molecule has 0 atom stereocenters. The lowest BCUT2D eigenvalue weighted by atomic mass is 10.1. The number of pyridine rings is 1. The van der Waals surface area contributed by atoms with Crippen LogP contribution >= 0.6 is 34.5 Å². The van der Waals surface area contributed by atoms with Gasteiger partial charge in [0, 0.05) is 16.8 Å². The molecule has 0 aliphatic carbocycles. The van der Waals surface area contributed by atoms with Gasteiger partial charge in [0.05, 0.1) is 4.88 Å². The molecule has 0 saturated heterocycles. The zero-order valence-electron chi connectivity index (χ0n) is 12.7. The first kappa shape index (κ1) is 18.2. The Hall–Kier alpha value is -2.15. The van der Waals surface area contributed by atoms with Crippen LogP contribution in [0.15, 0.2) is 42.6 Å². The number of primary amides is 1. The van der Waals surface area contributed by atoms with E-state index in [0.717, 1.165) is 26.2 Å². The lowest BCUT2D eigenvalue weighted by molar-refractivity contribution is -0.106. The van der Waals surface area contributed by atoms with E-state index in [2.05, 4.69) is 21.0 Å². The van der Waals surface area contributed by atoms with E-state index in [1.807, 2.05) is 43.5 Å². The Balaban J connectivity index is 0.000000647. The Morgan fingerprint density at radius 3 is 2.58 bits per heavy atom.